The smallest absolute Gasteiger partial charge is 0.253 e. The molecule has 22 heavy (non-hydrogen) atoms. The molecule has 0 radical (unpaired) electrons. The number of carbonyl (C=O) groups is 2. The van der Waals surface area contributed by atoms with Crippen LogP contribution in [0.4, 0.5) is 4.39 Å². The van der Waals surface area contributed by atoms with E-state index in [9.17, 15) is 14.0 Å². The zero-order valence-corrected chi connectivity index (χ0v) is 13.4. The monoisotopic (exact) mass is 348 g/mol. The van der Waals surface area contributed by atoms with Crippen LogP contribution >= 0.6 is 23.2 Å². The van der Waals surface area contributed by atoms with Gasteiger partial charge in [0.05, 0.1) is 28.8 Å². The van der Waals surface area contributed by atoms with Gasteiger partial charge in [-0.1, -0.05) is 23.2 Å². The van der Waals surface area contributed by atoms with Gasteiger partial charge in [0.15, 0.2) is 0 Å². The summed E-state index contributed by atoms with van der Waals surface area (Å²) in [6.07, 6.45) is 0. The van der Waals surface area contributed by atoms with Crippen molar-refractivity contribution in [3.05, 3.63) is 33.6 Å². The molecule has 2 rings (SSSR count). The van der Waals surface area contributed by atoms with Crippen LogP contribution < -0.4 is 5.32 Å². The van der Waals surface area contributed by atoms with E-state index < -0.39 is 17.8 Å². The highest BCUT2D eigenvalue weighted by molar-refractivity contribution is 6.36. The number of ether oxygens (including phenoxy) is 1. The molecule has 8 heteroatoms. The van der Waals surface area contributed by atoms with E-state index in [-0.39, 0.29) is 21.5 Å². The summed E-state index contributed by atoms with van der Waals surface area (Å²) in [7, 11) is 0. The zero-order chi connectivity index (χ0) is 16.3. The number of nitrogens with zero attached hydrogens (tertiary/aromatic N) is 1. The van der Waals surface area contributed by atoms with Crippen molar-refractivity contribution in [3.8, 4) is 0 Å². The van der Waals surface area contributed by atoms with Gasteiger partial charge in [0.1, 0.15) is 11.9 Å². The predicted octanol–water partition coefficient (Wildman–Crippen LogP) is 2.11. The number of hydrogen-bond acceptors (Lipinski definition) is 3. The van der Waals surface area contributed by atoms with Crippen LogP contribution in [0.2, 0.25) is 10.0 Å². The van der Waals surface area contributed by atoms with E-state index in [0.29, 0.717) is 26.3 Å². The maximum Gasteiger partial charge on any atom is 0.253 e. The third-order valence-electron chi connectivity index (χ3n) is 3.30. The van der Waals surface area contributed by atoms with Gasteiger partial charge in [-0.2, -0.15) is 0 Å². The summed E-state index contributed by atoms with van der Waals surface area (Å²) in [4.78, 5) is 25.9. The van der Waals surface area contributed by atoms with E-state index in [2.05, 4.69) is 5.32 Å². The van der Waals surface area contributed by atoms with Gasteiger partial charge in [-0.25, -0.2) is 4.39 Å². The van der Waals surface area contributed by atoms with Crippen LogP contribution in [0.3, 0.4) is 0 Å². The largest absolute Gasteiger partial charge is 0.378 e. The first-order valence-electron chi connectivity index (χ1n) is 6.72. The van der Waals surface area contributed by atoms with Crippen molar-refractivity contribution in [2.45, 2.75) is 13.0 Å². The molecule has 0 aliphatic carbocycles. The molecule has 1 saturated heterocycles. The second-order valence-corrected chi connectivity index (χ2v) is 5.69. The summed E-state index contributed by atoms with van der Waals surface area (Å²) in [6, 6.07) is 1.36. The molecular formula is C14H15Cl2FN2O3. The van der Waals surface area contributed by atoms with Crippen LogP contribution in [-0.4, -0.2) is 49.1 Å². The molecule has 0 unspecified atom stereocenters. The number of halogens is 3. The molecular weight excluding hydrogens is 334 g/mol. The van der Waals surface area contributed by atoms with Crippen molar-refractivity contribution in [1.82, 2.24) is 10.2 Å². The summed E-state index contributed by atoms with van der Waals surface area (Å²) in [5, 5.41) is 2.37. The first-order valence-corrected chi connectivity index (χ1v) is 7.47. The molecule has 120 valence electrons. The van der Waals surface area contributed by atoms with E-state index in [4.69, 9.17) is 27.9 Å². The molecule has 5 nitrogen and oxygen atoms in total. The van der Waals surface area contributed by atoms with Crippen molar-refractivity contribution in [2.75, 3.05) is 26.3 Å². The number of rotatable bonds is 3. The third-order valence-corrected chi connectivity index (χ3v) is 3.90. The molecule has 1 atom stereocenters. The topological polar surface area (TPSA) is 58.6 Å². The normalized spacial score (nSPS) is 16.3. The Hall–Kier alpha value is -1.37. The van der Waals surface area contributed by atoms with E-state index in [0.717, 1.165) is 12.1 Å². The second kappa shape index (κ2) is 7.26. The Bertz CT molecular complexity index is 592. The van der Waals surface area contributed by atoms with Crippen LogP contribution in [0.25, 0.3) is 0 Å². The number of morpholine rings is 1. The minimum atomic E-state index is -0.750. The fraction of sp³-hybridized carbons (Fsp3) is 0.429. The first kappa shape index (κ1) is 17.0. The molecule has 1 aliphatic rings. The maximum atomic E-state index is 13.4. The first-order chi connectivity index (χ1) is 10.4. The standard InChI is InChI=1S/C14H15Cl2FN2O3/c1-8(14(21)19-2-4-22-5-3-19)18-13(20)9-6-12(17)11(16)7-10(9)15/h6-8H,2-5H2,1H3,(H,18,20)/t8-/m1/s1. The van der Waals surface area contributed by atoms with E-state index in [1.807, 2.05) is 0 Å². The SMILES string of the molecule is C[C@@H](NC(=O)c1cc(F)c(Cl)cc1Cl)C(=O)N1CCOCC1. The van der Waals surface area contributed by atoms with Gasteiger partial charge in [0.2, 0.25) is 5.91 Å². The maximum absolute atomic E-state index is 13.4. The molecule has 0 spiro atoms. The Morgan fingerprint density at radius 1 is 1.27 bits per heavy atom. The molecule has 1 fully saturated rings. The van der Waals surface area contributed by atoms with Gasteiger partial charge in [-0.3, -0.25) is 9.59 Å². The third kappa shape index (κ3) is 3.88. The number of hydrogen-bond donors (Lipinski definition) is 1. The second-order valence-electron chi connectivity index (χ2n) is 4.88. The van der Waals surface area contributed by atoms with Crippen LogP contribution in [0.1, 0.15) is 17.3 Å². The van der Waals surface area contributed by atoms with Gasteiger partial charge in [0.25, 0.3) is 5.91 Å². The highest BCUT2D eigenvalue weighted by Gasteiger charge is 2.25. The summed E-state index contributed by atoms with van der Waals surface area (Å²) in [5.41, 5.74) is -0.0646. The lowest BCUT2D eigenvalue weighted by Crippen LogP contribution is -2.50. The molecule has 1 heterocycles. The molecule has 1 aliphatic heterocycles. The lowest BCUT2D eigenvalue weighted by molar-refractivity contribution is -0.136. The fourth-order valence-electron chi connectivity index (χ4n) is 2.09. The summed E-state index contributed by atoms with van der Waals surface area (Å²) >= 11 is 11.5. The Labute approximate surface area is 137 Å². The molecule has 1 aromatic rings. The number of nitrogens with one attached hydrogen (secondary N) is 1. The molecule has 0 bridgehead atoms. The Balaban J connectivity index is 2.04. The highest BCUT2D eigenvalue weighted by Crippen LogP contribution is 2.24. The number of carbonyl (C=O) groups excluding carboxylic acids is 2. The van der Waals surface area contributed by atoms with Gasteiger partial charge < -0.3 is 15.0 Å². The van der Waals surface area contributed by atoms with E-state index in [1.54, 1.807) is 11.8 Å². The predicted molar refractivity (Wildman–Crippen MR) is 80.7 cm³/mol. The number of benzene rings is 1. The van der Waals surface area contributed by atoms with E-state index >= 15 is 0 Å². The van der Waals surface area contributed by atoms with Crippen molar-refractivity contribution in [3.63, 3.8) is 0 Å². The van der Waals surface area contributed by atoms with Crippen LogP contribution in [-0.2, 0) is 9.53 Å². The van der Waals surface area contributed by atoms with Crippen molar-refractivity contribution < 1.29 is 18.7 Å². The lowest BCUT2D eigenvalue weighted by atomic mass is 10.2. The molecule has 1 aromatic carbocycles. The molecule has 0 aromatic heterocycles. The average molecular weight is 349 g/mol. The number of amides is 2. The quantitative estimate of drug-likeness (QED) is 0.851. The zero-order valence-electron chi connectivity index (χ0n) is 11.9. The fourth-order valence-corrected chi connectivity index (χ4v) is 2.56. The Kier molecular flexibility index (Phi) is 5.61. The van der Waals surface area contributed by atoms with Crippen LogP contribution in [0, 0.1) is 5.82 Å². The minimum absolute atomic E-state index is 0.0231. The van der Waals surface area contributed by atoms with E-state index in [1.165, 1.54) is 0 Å². The molecule has 2 amide bonds. The molecule has 0 saturated carbocycles. The van der Waals surface area contributed by atoms with Gasteiger partial charge in [-0.15, -0.1) is 0 Å². The van der Waals surface area contributed by atoms with Gasteiger partial charge in [0, 0.05) is 13.1 Å². The lowest BCUT2D eigenvalue weighted by Gasteiger charge is -2.29. The van der Waals surface area contributed by atoms with Crippen molar-refractivity contribution >= 4 is 35.0 Å². The van der Waals surface area contributed by atoms with Gasteiger partial charge in [-0.05, 0) is 19.1 Å². The summed E-state index contributed by atoms with van der Waals surface area (Å²) in [5.74, 6) is -1.60. The average Bonchev–Trinajstić information content (AvgIpc) is 2.50. The Morgan fingerprint density at radius 2 is 1.91 bits per heavy atom. The summed E-state index contributed by atoms with van der Waals surface area (Å²) in [6.45, 7) is 3.47. The minimum Gasteiger partial charge on any atom is -0.378 e. The Morgan fingerprint density at radius 3 is 2.55 bits per heavy atom. The van der Waals surface area contributed by atoms with Crippen LogP contribution in [0.15, 0.2) is 12.1 Å². The highest BCUT2D eigenvalue weighted by atomic mass is 35.5. The van der Waals surface area contributed by atoms with Crippen molar-refractivity contribution in [2.24, 2.45) is 0 Å². The molecule has 1 N–H and O–H groups in total. The van der Waals surface area contributed by atoms with Gasteiger partial charge >= 0.3 is 0 Å². The summed E-state index contributed by atoms with van der Waals surface area (Å²) < 4.78 is 18.6. The van der Waals surface area contributed by atoms with Crippen LogP contribution in [0.5, 0.6) is 0 Å². The van der Waals surface area contributed by atoms with Crippen molar-refractivity contribution in [1.29, 1.82) is 0 Å².